The molecule has 0 aliphatic carbocycles. The largest absolute Gasteiger partial charge is 0.371 e. The molecule has 0 spiro atoms. The third-order valence-corrected chi connectivity index (χ3v) is 6.83. The van der Waals surface area contributed by atoms with Gasteiger partial charge >= 0.3 is 0 Å². The summed E-state index contributed by atoms with van der Waals surface area (Å²) in [6, 6.07) is 11.0. The molecule has 3 rings (SSSR count). The first kappa shape index (κ1) is 23.2. The van der Waals surface area contributed by atoms with Gasteiger partial charge in [-0.05, 0) is 50.0 Å². The molecule has 0 fully saturated rings. The average Bonchev–Trinajstić information content (AvgIpc) is 2.67. The van der Waals surface area contributed by atoms with Crippen LogP contribution in [0.1, 0.15) is 15.9 Å². The summed E-state index contributed by atoms with van der Waals surface area (Å²) in [5.74, 6) is -1.18. The summed E-state index contributed by atoms with van der Waals surface area (Å²) in [7, 11) is 0.299. The smallest absolute Gasteiger partial charge is 0.251 e. The van der Waals surface area contributed by atoms with E-state index in [-0.39, 0.29) is 17.4 Å². The van der Waals surface area contributed by atoms with Crippen molar-refractivity contribution in [2.24, 2.45) is 0 Å². The maximum atomic E-state index is 12.6. The van der Waals surface area contributed by atoms with Crippen LogP contribution in [0.15, 0.2) is 46.9 Å². The highest BCUT2D eigenvalue weighted by Gasteiger charge is 2.30. The zero-order valence-electron chi connectivity index (χ0n) is 17.3. The number of benzene rings is 2. The van der Waals surface area contributed by atoms with Crippen LogP contribution in [-0.4, -0.2) is 64.1 Å². The minimum absolute atomic E-state index is 0.156. The lowest BCUT2D eigenvalue weighted by molar-refractivity contribution is -0.116. The second-order valence-corrected chi connectivity index (χ2v) is 10.7. The maximum absolute atomic E-state index is 12.6. The molecule has 2 amide bonds. The highest BCUT2D eigenvalue weighted by Crippen LogP contribution is 2.28. The van der Waals surface area contributed by atoms with Crippen LogP contribution in [0.5, 0.6) is 0 Å². The van der Waals surface area contributed by atoms with Crippen molar-refractivity contribution in [2.45, 2.75) is 11.8 Å². The Hall–Kier alpha value is -2.43. The summed E-state index contributed by atoms with van der Waals surface area (Å²) >= 11 is 3.33. The standard InChI is InChI=1S/C21H25BrN4O4S/c1-26(2)9-8-23-20(27)15-6-7-17-18(11-15)25-21(28)19(24-17)13-31(29,30)12-14-4-3-5-16(22)10-14/h3-7,10-11,19,24H,8-9,12-13H2,1-2H3,(H,23,27)(H,25,28)/t19-/m1/s1. The summed E-state index contributed by atoms with van der Waals surface area (Å²) in [4.78, 5) is 26.8. The Labute approximate surface area is 190 Å². The quantitative estimate of drug-likeness (QED) is 0.503. The van der Waals surface area contributed by atoms with Crippen LogP contribution in [-0.2, 0) is 20.4 Å². The number of anilines is 2. The van der Waals surface area contributed by atoms with E-state index in [2.05, 4.69) is 31.9 Å². The predicted octanol–water partition coefficient (Wildman–Crippen LogP) is 2.09. The first-order valence-corrected chi connectivity index (χ1v) is 12.3. The van der Waals surface area contributed by atoms with E-state index < -0.39 is 21.8 Å². The molecule has 1 atom stereocenters. The van der Waals surface area contributed by atoms with Crippen molar-refractivity contribution in [1.82, 2.24) is 10.2 Å². The Kier molecular flexibility index (Phi) is 7.34. The molecular formula is C21H25BrN4O4S. The maximum Gasteiger partial charge on any atom is 0.251 e. The van der Waals surface area contributed by atoms with Crippen molar-refractivity contribution in [2.75, 3.05) is 43.6 Å². The number of fused-ring (bicyclic) bond motifs is 1. The van der Waals surface area contributed by atoms with Crippen molar-refractivity contribution in [3.63, 3.8) is 0 Å². The van der Waals surface area contributed by atoms with E-state index in [0.717, 1.165) is 4.47 Å². The molecule has 3 N–H and O–H groups in total. The molecule has 1 heterocycles. The van der Waals surface area contributed by atoms with Gasteiger partial charge in [0.15, 0.2) is 9.84 Å². The average molecular weight is 509 g/mol. The summed E-state index contributed by atoms with van der Waals surface area (Å²) < 4.78 is 26.1. The molecule has 0 radical (unpaired) electrons. The molecule has 31 heavy (non-hydrogen) atoms. The molecular weight excluding hydrogens is 484 g/mol. The van der Waals surface area contributed by atoms with Gasteiger partial charge in [0.1, 0.15) is 6.04 Å². The number of hydrogen-bond donors (Lipinski definition) is 3. The first-order chi connectivity index (χ1) is 14.6. The Morgan fingerprint density at radius 2 is 1.94 bits per heavy atom. The molecule has 0 unspecified atom stereocenters. The van der Waals surface area contributed by atoms with Crippen LogP contribution in [0.2, 0.25) is 0 Å². The van der Waals surface area contributed by atoms with Gasteiger partial charge in [-0.1, -0.05) is 28.1 Å². The van der Waals surface area contributed by atoms with Gasteiger partial charge in [-0.2, -0.15) is 0 Å². The van der Waals surface area contributed by atoms with Crippen LogP contribution >= 0.6 is 15.9 Å². The molecule has 8 nitrogen and oxygen atoms in total. The van der Waals surface area contributed by atoms with Gasteiger partial charge in [0, 0.05) is 23.1 Å². The Balaban J connectivity index is 1.66. The second-order valence-electron chi connectivity index (χ2n) is 7.69. The molecule has 0 saturated carbocycles. The minimum Gasteiger partial charge on any atom is -0.371 e. The lowest BCUT2D eigenvalue weighted by Gasteiger charge is -2.27. The Morgan fingerprint density at radius 3 is 2.65 bits per heavy atom. The molecule has 2 aromatic rings. The number of halogens is 1. The van der Waals surface area contributed by atoms with Crippen LogP contribution in [0, 0.1) is 0 Å². The van der Waals surface area contributed by atoms with Gasteiger partial charge in [-0.25, -0.2) is 8.42 Å². The fraction of sp³-hybridized carbons (Fsp3) is 0.333. The fourth-order valence-corrected chi connectivity index (χ4v) is 5.19. The van der Waals surface area contributed by atoms with E-state index in [9.17, 15) is 18.0 Å². The van der Waals surface area contributed by atoms with Gasteiger partial charge in [0.2, 0.25) is 5.91 Å². The highest BCUT2D eigenvalue weighted by atomic mass is 79.9. The Bertz CT molecular complexity index is 1090. The third kappa shape index (κ3) is 6.52. The molecule has 1 aliphatic rings. The molecule has 0 aromatic heterocycles. The topological polar surface area (TPSA) is 108 Å². The van der Waals surface area contributed by atoms with Crippen LogP contribution in [0.25, 0.3) is 0 Å². The zero-order valence-corrected chi connectivity index (χ0v) is 19.7. The zero-order chi connectivity index (χ0) is 22.6. The number of nitrogens with one attached hydrogen (secondary N) is 3. The highest BCUT2D eigenvalue weighted by molar-refractivity contribution is 9.10. The SMILES string of the molecule is CN(C)CCNC(=O)c1ccc2c(c1)NC(=O)[C@@H](CS(=O)(=O)Cc1cccc(Br)c1)N2. The lowest BCUT2D eigenvalue weighted by Crippen LogP contribution is -2.43. The van der Waals surface area contributed by atoms with E-state index >= 15 is 0 Å². The lowest BCUT2D eigenvalue weighted by atomic mass is 10.1. The number of sulfone groups is 1. The monoisotopic (exact) mass is 508 g/mol. The summed E-state index contributed by atoms with van der Waals surface area (Å²) in [6.07, 6.45) is 0. The fourth-order valence-electron chi connectivity index (χ4n) is 3.19. The van der Waals surface area contributed by atoms with Crippen molar-refractivity contribution in [3.05, 3.63) is 58.1 Å². The van der Waals surface area contributed by atoms with Crippen molar-refractivity contribution in [1.29, 1.82) is 0 Å². The normalized spacial score (nSPS) is 15.7. The van der Waals surface area contributed by atoms with Gasteiger partial charge in [-0.3, -0.25) is 9.59 Å². The van der Waals surface area contributed by atoms with E-state index in [4.69, 9.17) is 0 Å². The number of carbonyl (C=O) groups is 2. The van der Waals surface area contributed by atoms with Gasteiger partial charge in [0.05, 0.1) is 22.9 Å². The van der Waals surface area contributed by atoms with Crippen LogP contribution < -0.4 is 16.0 Å². The summed E-state index contributed by atoms with van der Waals surface area (Å²) in [5.41, 5.74) is 2.09. The van der Waals surface area contributed by atoms with Crippen molar-refractivity contribution < 1.29 is 18.0 Å². The van der Waals surface area contributed by atoms with Gasteiger partial charge in [0.25, 0.3) is 5.91 Å². The summed E-state index contributed by atoms with van der Waals surface area (Å²) in [5, 5.41) is 8.52. The third-order valence-electron chi connectivity index (χ3n) is 4.73. The molecule has 0 saturated heterocycles. The van der Waals surface area contributed by atoms with Crippen molar-refractivity contribution >= 4 is 49.0 Å². The van der Waals surface area contributed by atoms with E-state index in [1.807, 2.05) is 25.1 Å². The number of carbonyl (C=O) groups excluding carboxylic acids is 2. The van der Waals surface area contributed by atoms with Crippen LogP contribution in [0.4, 0.5) is 11.4 Å². The second kappa shape index (κ2) is 9.80. The minimum atomic E-state index is -3.54. The number of amides is 2. The number of nitrogens with zero attached hydrogens (tertiary/aromatic N) is 1. The number of likely N-dealkylation sites (N-methyl/N-ethyl adjacent to an activating group) is 1. The first-order valence-electron chi connectivity index (χ1n) is 9.72. The molecule has 2 aromatic carbocycles. The molecule has 10 heteroatoms. The van der Waals surface area contributed by atoms with Crippen molar-refractivity contribution in [3.8, 4) is 0 Å². The number of hydrogen-bond acceptors (Lipinski definition) is 6. The van der Waals surface area contributed by atoms with Crippen LogP contribution in [0.3, 0.4) is 0 Å². The predicted molar refractivity (Wildman–Crippen MR) is 125 cm³/mol. The van der Waals surface area contributed by atoms with Gasteiger partial charge in [-0.15, -0.1) is 0 Å². The Morgan fingerprint density at radius 1 is 1.16 bits per heavy atom. The molecule has 166 valence electrons. The number of rotatable bonds is 8. The molecule has 0 bridgehead atoms. The molecule has 1 aliphatic heterocycles. The summed E-state index contributed by atoms with van der Waals surface area (Å²) in [6.45, 7) is 1.22. The van der Waals surface area contributed by atoms with E-state index in [1.54, 1.807) is 36.4 Å². The van der Waals surface area contributed by atoms with E-state index in [1.165, 1.54) is 0 Å². The van der Waals surface area contributed by atoms with E-state index in [0.29, 0.717) is 35.6 Å². The van der Waals surface area contributed by atoms with Gasteiger partial charge < -0.3 is 20.9 Å².